The SMILES string of the molecule is CCCCC(=O)NCCC(N)c1ccccc1. The molecule has 0 aliphatic rings. The normalized spacial score (nSPS) is 12.1. The predicted molar refractivity (Wildman–Crippen MR) is 70.5 cm³/mol. The van der Waals surface area contributed by atoms with E-state index in [-0.39, 0.29) is 11.9 Å². The summed E-state index contributed by atoms with van der Waals surface area (Å²) in [6.07, 6.45) is 3.41. The average molecular weight is 234 g/mol. The number of carbonyl (C=O) groups is 1. The summed E-state index contributed by atoms with van der Waals surface area (Å²) >= 11 is 0. The molecule has 0 aliphatic heterocycles. The highest BCUT2D eigenvalue weighted by Gasteiger charge is 2.05. The molecule has 3 N–H and O–H groups in total. The Hall–Kier alpha value is -1.35. The number of benzene rings is 1. The Kier molecular flexibility index (Phi) is 6.33. The van der Waals surface area contributed by atoms with Gasteiger partial charge in [-0.3, -0.25) is 4.79 Å². The summed E-state index contributed by atoms with van der Waals surface area (Å²) in [5.41, 5.74) is 7.15. The van der Waals surface area contributed by atoms with Crippen molar-refractivity contribution < 1.29 is 4.79 Å². The maximum Gasteiger partial charge on any atom is 0.219 e. The second-order valence-corrected chi connectivity index (χ2v) is 4.26. The van der Waals surface area contributed by atoms with Crippen LogP contribution in [-0.2, 0) is 4.79 Å². The molecule has 0 radical (unpaired) electrons. The zero-order valence-electron chi connectivity index (χ0n) is 10.5. The number of nitrogens with one attached hydrogen (secondary N) is 1. The molecular weight excluding hydrogens is 212 g/mol. The van der Waals surface area contributed by atoms with Gasteiger partial charge in [0, 0.05) is 19.0 Å². The molecule has 1 unspecified atom stereocenters. The highest BCUT2D eigenvalue weighted by molar-refractivity contribution is 5.75. The lowest BCUT2D eigenvalue weighted by atomic mass is 10.1. The summed E-state index contributed by atoms with van der Waals surface area (Å²) in [5, 5.41) is 2.90. The largest absolute Gasteiger partial charge is 0.356 e. The van der Waals surface area contributed by atoms with E-state index in [0.29, 0.717) is 13.0 Å². The minimum absolute atomic E-state index is 0.00248. The number of amides is 1. The van der Waals surface area contributed by atoms with Crippen molar-refractivity contribution in [3.05, 3.63) is 35.9 Å². The Morgan fingerprint density at radius 2 is 2.06 bits per heavy atom. The van der Waals surface area contributed by atoms with E-state index in [1.165, 1.54) is 0 Å². The summed E-state index contributed by atoms with van der Waals surface area (Å²) in [6, 6.07) is 9.97. The fourth-order valence-electron chi connectivity index (χ4n) is 1.66. The van der Waals surface area contributed by atoms with Gasteiger partial charge >= 0.3 is 0 Å². The molecule has 1 rings (SSSR count). The van der Waals surface area contributed by atoms with Crippen LogP contribution in [0.3, 0.4) is 0 Å². The van der Waals surface area contributed by atoms with E-state index in [0.717, 1.165) is 24.8 Å². The van der Waals surface area contributed by atoms with E-state index in [2.05, 4.69) is 12.2 Å². The molecule has 0 spiro atoms. The van der Waals surface area contributed by atoms with Crippen molar-refractivity contribution in [2.45, 2.75) is 38.6 Å². The lowest BCUT2D eigenvalue weighted by molar-refractivity contribution is -0.121. The number of hydrogen-bond acceptors (Lipinski definition) is 2. The van der Waals surface area contributed by atoms with Crippen molar-refractivity contribution in [1.82, 2.24) is 5.32 Å². The van der Waals surface area contributed by atoms with Gasteiger partial charge in [-0.2, -0.15) is 0 Å². The van der Waals surface area contributed by atoms with Gasteiger partial charge in [0.25, 0.3) is 0 Å². The smallest absolute Gasteiger partial charge is 0.219 e. The molecule has 17 heavy (non-hydrogen) atoms. The lowest BCUT2D eigenvalue weighted by Gasteiger charge is -2.12. The molecule has 0 saturated carbocycles. The Balaban J connectivity index is 2.20. The first kappa shape index (κ1) is 13.7. The van der Waals surface area contributed by atoms with Crippen LogP contribution in [0.15, 0.2) is 30.3 Å². The number of rotatable bonds is 7. The molecule has 0 aliphatic carbocycles. The van der Waals surface area contributed by atoms with Crippen LogP contribution in [0.4, 0.5) is 0 Å². The third-order valence-electron chi connectivity index (χ3n) is 2.76. The molecular formula is C14H22N2O. The second kappa shape index (κ2) is 7.85. The molecule has 1 aromatic rings. The Morgan fingerprint density at radius 1 is 1.35 bits per heavy atom. The van der Waals surface area contributed by atoms with Crippen LogP contribution in [0.2, 0.25) is 0 Å². The minimum atomic E-state index is 0.00248. The van der Waals surface area contributed by atoms with Crippen molar-refractivity contribution in [2.75, 3.05) is 6.54 Å². The van der Waals surface area contributed by atoms with Crippen LogP contribution in [0.5, 0.6) is 0 Å². The zero-order valence-corrected chi connectivity index (χ0v) is 10.5. The third kappa shape index (κ3) is 5.50. The van der Waals surface area contributed by atoms with Crippen LogP contribution >= 0.6 is 0 Å². The molecule has 0 heterocycles. The van der Waals surface area contributed by atoms with E-state index in [9.17, 15) is 4.79 Å². The van der Waals surface area contributed by atoms with Gasteiger partial charge < -0.3 is 11.1 Å². The van der Waals surface area contributed by atoms with Crippen LogP contribution in [0, 0.1) is 0 Å². The standard InChI is InChI=1S/C14H22N2O/c1-2-3-9-14(17)16-11-10-13(15)12-7-5-4-6-8-12/h4-8,13H,2-3,9-11,15H2,1H3,(H,16,17). The van der Waals surface area contributed by atoms with Gasteiger partial charge in [0.05, 0.1) is 0 Å². The Morgan fingerprint density at radius 3 is 2.71 bits per heavy atom. The molecule has 1 atom stereocenters. The Bertz CT molecular complexity index is 324. The fraction of sp³-hybridized carbons (Fsp3) is 0.500. The fourth-order valence-corrected chi connectivity index (χ4v) is 1.66. The van der Waals surface area contributed by atoms with Crippen molar-refractivity contribution in [1.29, 1.82) is 0 Å². The molecule has 0 bridgehead atoms. The van der Waals surface area contributed by atoms with Gasteiger partial charge in [0.2, 0.25) is 5.91 Å². The molecule has 3 nitrogen and oxygen atoms in total. The summed E-state index contributed by atoms with van der Waals surface area (Å²) < 4.78 is 0. The molecule has 0 saturated heterocycles. The molecule has 94 valence electrons. The van der Waals surface area contributed by atoms with E-state index >= 15 is 0 Å². The van der Waals surface area contributed by atoms with Gasteiger partial charge in [-0.15, -0.1) is 0 Å². The van der Waals surface area contributed by atoms with E-state index in [4.69, 9.17) is 5.73 Å². The van der Waals surface area contributed by atoms with Gasteiger partial charge in [0.15, 0.2) is 0 Å². The Labute approximate surface area is 103 Å². The van der Waals surface area contributed by atoms with Gasteiger partial charge in [-0.25, -0.2) is 0 Å². The van der Waals surface area contributed by atoms with Crippen LogP contribution in [-0.4, -0.2) is 12.5 Å². The maximum atomic E-state index is 11.4. The lowest BCUT2D eigenvalue weighted by Crippen LogP contribution is -2.26. The first-order valence-electron chi connectivity index (χ1n) is 6.31. The zero-order chi connectivity index (χ0) is 12.5. The summed E-state index contributed by atoms with van der Waals surface area (Å²) in [6.45, 7) is 2.73. The number of carbonyl (C=O) groups excluding carboxylic acids is 1. The number of hydrogen-bond donors (Lipinski definition) is 2. The minimum Gasteiger partial charge on any atom is -0.356 e. The summed E-state index contributed by atoms with van der Waals surface area (Å²) in [7, 11) is 0. The summed E-state index contributed by atoms with van der Waals surface area (Å²) in [5.74, 6) is 0.132. The maximum absolute atomic E-state index is 11.4. The second-order valence-electron chi connectivity index (χ2n) is 4.26. The first-order valence-corrected chi connectivity index (χ1v) is 6.31. The topological polar surface area (TPSA) is 55.1 Å². The van der Waals surface area contributed by atoms with Gasteiger partial charge in [0.1, 0.15) is 0 Å². The number of nitrogens with two attached hydrogens (primary N) is 1. The van der Waals surface area contributed by atoms with E-state index in [1.807, 2.05) is 30.3 Å². The highest BCUT2D eigenvalue weighted by Crippen LogP contribution is 2.12. The number of unbranched alkanes of at least 4 members (excludes halogenated alkanes) is 1. The van der Waals surface area contributed by atoms with Gasteiger partial charge in [-0.1, -0.05) is 43.7 Å². The predicted octanol–water partition coefficient (Wildman–Crippen LogP) is 2.38. The molecule has 0 aromatic heterocycles. The monoisotopic (exact) mass is 234 g/mol. The van der Waals surface area contributed by atoms with Crippen molar-refractivity contribution in [3.8, 4) is 0 Å². The van der Waals surface area contributed by atoms with E-state index in [1.54, 1.807) is 0 Å². The van der Waals surface area contributed by atoms with E-state index < -0.39 is 0 Å². The van der Waals surface area contributed by atoms with Crippen molar-refractivity contribution >= 4 is 5.91 Å². The average Bonchev–Trinajstić information content (AvgIpc) is 2.37. The molecule has 0 fully saturated rings. The quantitative estimate of drug-likeness (QED) is 0.761. The summed E-state index contributed by atoms with van der Waals surface area (Å²) in [4.78, 5) is 11.4. The third-order valence-corrected chi connectivity index (χ3v) is 2.76. The molecule has 1 aromatic carbocycles. The van der Waals surface area contributed by atoms with Crippen LogP contribution in [0.25, 0.3) is 0 Å². The van der Waals surface area contributed by atoms with Crippen LogP contribution in [0.1, 0.15) is 44.2 Å². The van der Waals surface area contributed by atoms with Crippen molar-refractivity contribution in [2.24, 2.45) is 5.73 Å². The van der Waals surface area contributed by atoms with Gasteiger partial charge in [-0.05, 0) is 18.4 Å². The van der Waals surface area contributed by atoms with Crippen LogP contribution < -0.4 is 11.1 Å². The molecule has 1 amide bonds. The molecule has 3 heteroatoms. The van der Waals surface area contributed by atoms with Crippen molar-refractivity contribution in [3.63, 3.8) is 0 Å². The first-order chi connectivity index (χ1) is 8.24. The highest BCUT2D eigenvalue weighted by atomic mass is 16.1.